The molecule has 116 valence electrons. The Morgan fingerprint density at radius 3 is 2.74 bits per heavy atom. The number of aromatic nitrogens is 1. The maximum atomic E-state index is 11.9. The molecule has 1 heterocycles. The SMILES string of the molecule is Cc1cc(NC(=O)OCc2ccccc2)nc2ccc(Cl)cc12. The molecule has 2 aromatic carbocycles. The molecule has 0 aliphatic heterocycles. The first-order chi connectivity index (χ1) is 11.1. The molecule has 0 fully saturated rings. The van der Waals surface area contributed by atoms with Gasteiger partial charge < -0.3 is 4.74 Å². The van der Waals surface area contributed by atoms with Crippen molar-refractivity contribution in [1.29, 1.82) is 0 Å². The van der Waals surface area contributed by atoms with E-state index in [9.17, 15) is 4.79 Å². The van der Waals surface area contributed by atoms with E-state index in [0.717, 1.165) is 22.0 Å². The van der Waals surface area contributed by atoms with E-state index < -0.39 is 6.09 Å². The summed E-state index contributed by atoms with van der Waals surface area (Å²) in [5.41, 5.74) is 2.68. The molecule has 0 radical (unpaired) electrons. The van der Waals surface area contributed by atoms with Crippen LogP contribution in [-0.2, 0) is 11.3 Å². The highest BCUT2D eigenvalue weighted by Gasteiger charge is 2.08. The van der Waals surface area contributed by atoms with E-state index >= 15 is 0 Å². The van der Waals surface area contributed by atoms with Gasteiger partial charge >= 0.3 is 6.09 Å². The smallest absolute Gasteiger partial charge is 0.413 e. The Kier molecular flexibility index (Phi) is 4.44. The Hall–Kier alpha value is -2.59. The zero-order valence-electron chi connectivity index (χ0n) is 12.5. The fourth-order valence-corrected chi connectivity index (χ4v) is 2.47. The number of pyridine rings is 1. The van der Waals surface area contributed by atoms with Crippen molar-refractivity contribution in [1.82, 2.24) is 4.98 Å². The van der Waals surface area contributed by atoms with Gasteiger partial charge in [-0.2, -0.15) is 0 Å². The molecular weight excluding hydrogens is 312 g/mol. The lowest BCUT2D eigenvalue weighted by atomic mass is 10.1. The highest BCUT2D eigenvalue weighted by atomic mass is 35.5. The minimum atomic E-state index is -0.533. The van der Waals surface area contributed by atoms with E-state index in [2.05, 4.69) is 10.3 Å². The summed E-state index contributed by atoms with van der Waals surface area (Å²) in [5, 5.41) is 4.27. The number of carbonyl (C=O) groups excluding carboxylic acids is 1. The van der Waals surface area contributed by atoms with Crippen LogP contribution >= 0.6 is 11.6 Å². The Morgan fingerprint density at radius 2 is 1.96 bits per heavy atom. The Labute approximate surface area is 139 Å². The molecule has 5 heteroatoms. The third kappa shape index (κ3) is 3.79. The monoisotopic (exact) mass is 326 g/mol. The van der Waals surface area contributed by atoms with Crippen molar-refractivity contribution in [3.8, 4) is 0 Å². The average Bonchev–Trinajstić information content (AvgIpc) is 2.55. The fourth-order valence-electron chi connectivity index (χ4n) is 2.29. The van der Waals surface area contributed by atoms with Crippen LogP contribution in [0, 0.1) is 6.92 Å². The highest BCUT2D eigenvalue weighted by molar-refractivity contribution is 6.31. The van der Waals surface area contributed by atoms with E-state index in [1.54, 1.807) is 12.1 Å². The van der Waals surface area contributed by atoms with Gasteiger partial charge in [0.05, 0.1) is 5.52 Å². The molecule has 3 aromatic rings. The molecule has 23 heavy (non-hydrogen) atoms. The molecule has 1 aromatic heterocycles. The molecule has 0 saturated carbocycles. The predicted molar refractivity (Wildman–Crippen MR) is 91.7 cm³/mol. The summed E-state index contributed by atoms with van der Waals surface area (Å²) in [6.07, 6.45) is -0.533. The van der Waals surface area contributed by atoms with Crippen molar-refractivity contribution >= 4 is 34.4 Å². The summed E-state index contributed by atoms with van der Waals surface area (Å²) in [5.74, 6) is 0.454. The van der Waals surface area contributed by atoms with E-state index in [1.165, 1.54) is 0 Å². The molecule has 0 saturated heterocycles. The molecule has 0 aliphatic carbocycles. The second-order valence-corrected chi connectivity index (χ2v) is 5.61. The van der Waals surface area contributed by atoms with Gasteiger partial charge in [0.15, 0.2) is 0 Å². The molecular formula is C18H15ClN2O2. The largest absolute Gasteiger partial charge is 0.444 e. The van der Waals surface area contributed by atoms with Crippen LogP contribution in [0.5, 0.6) is 0 Å². The summed E-state index contributed by atoms with van der Waals surface area (Å²) in [7, 11) is 0. The quantitative estimate of drug-likeness (QED) is 0.741. The molecule has 0 aliphatic rings. The number of anilines is 1. The first kappa shape index (κ1) is 15.3. The van der Waals surface area contributed by atoms with Crippen molar-refractivity contribution in [3.63, 3.8) is 0 Å². The van der Waals surface area contributed by atoms with Crippen LogP contribution < -0.4 is 5.32 Å². The van der Waals surface area contributed by atoms with Gasteiger partial charge in [-0.3, -0.25) is 5.32 Å². The number of fused-ring (bicyclic) bond motifs is 1. The van der Waals surface area contributed by atoms with Crippen LogP contribution in [0.2, 0.25) is 5.02 Å². The molecule has 4 nitrogen and oxygen atoms in total. The van der Waals surface area contributed by atoms with E-state index in [4.69, 9.17) is 16.3 Å². The third-order valence-corrected chi connectivity index (χ3v) is 3.66. The first-order valence-corrected chi connectivity index (χ1v) is 7.54. The molecule has 3 rings (SSSR count). The van der Waals surface area contributed by atoms with Crippen LogP contribution in [0.3, 0.4) is 0 Å². The number of halogens is 1. The number of benzene rings is 2. The summed E-state index contributed by atoms with van der Waals surface area (Å²) < 4.78 is 5.19. The number of hydrogen-bond donors (Lipinski definition) is 1. The zero-order chi connectivity index (χ0) is 16.2. The van der Waals surface area contributed by atoms with Gasteiger partial charge in [0.2, 0.25) is 0 Å². The lowest BCUT2D eigenvalue weighted by Crippen LogP contribution is -2.14. The van der Waals surface area contributed by atoms with Crippen LogP contribution in [0.25, 0.3) is 10.9 Å². The number of carbonyl (C=O) groups is 1. The van der Waals surface area contributed by atoms with Gasteiger partial charge in [-0.25, -0.2) is 9.78 Å². The van der Waals surface area contributed by atoms with Gasteiger partial charge in [-0.05, 0) is 42.3 Å². The van der Waals surface area contributed by atoms with E-state index in [0.29, 0.717) is 10.8 Å². The molecule has 1 N–H and O–H groups in total. The van der Waals surface area contributed by atoms with Crippen molar-refractivity contribution < 1.29 is 9.53 Å². The van der Waals surface area contributed by atoms with Gasteiger partial charge in [0.1, 0.15) is 12.4 Å². The molecule has 0 atom stereocenters. The molecule has 1 amide bonds. The molecule has 0 unspecified atom stereocenters. The molecule has 0 bridgehead atoms. The number of aryl methyl sites for hydroxylation is 1. The van der Waals surface area contributed by atoms with Crippen molar-refractivity contribution in [3.05, 3.63) is 70.7 Å². The van der Waals surface area contributed by atoms with Crippen molar-refractivity contribution in [2.75, 3.05) is 5.32 Å². The van der Waals surface area contributed by atoms with Crippen molar-refractivity contribution in [2.24, 2.45) is 0 Å². The lowest BCUT2D eigenvalue weighted by molar-refractivity contribution is 0.155. The summed E-state index contributed by atoms with van der Waals surface area (Å²) in [6.45, 7) is 2.16. The summed E-state index contributed by atoms with van der Waals surface area (Å²) in [4.78, 5) is 16.3. The van der Waals surface area contributed by atoms with Crippen LogP contribution in [0.1, 0.15) is 11.1 Å². The van der Waals surface area contributed by atoms with Crippen LogP contribution in [0.15, 0.2) is 54.6 Å². The number of ether oxygens (including phenoxy) is 1. The minimum Gasteiger partial charge on any atom is -0.444 e. The maximum absolute atomic E-state index is 11.9. The van der Waals surface area contributed by atoms with Gasteiger partial charge in [0, 0.05) is 10.4 Å². The zero-order valence-corrected chi connectivity index (χ0v) is 13.3. The standard InChI is InChI=1S/C18H15ClN2O2/c1-12-9-17(20-16-8-7-14(19)10-15(12)16)21-18(22)23-11-13-5-3-2-4-6-13/h2-10H,11H2,1H3,(H,20,21,22). The third-order valence-electron chi connectivity index (χ3n) is 3.42. The average molecular weight is 327 g/mol. The first-order valence-electron chi connectivity index (χ1n) is 7.16. The normalized spacial score (nSPS) is 10.5. The van der Waals surface area contributed by atoms with Gasteiger partial charge in [-0.1, -0.05) is 41.9 Å². The minimum absolute atomic E-state index is 0.217. The topological polar surface area (TPSA) is 51.2 Å². The Bertz CT molecular complexity index is 850. The van der Waals surface area contributed by atoms with Crippen LogP contribution in [0.4, 0.5) is 10.6 Å². The number of hydrogen-bond acceptors (Lipinski definition) is 3. The summed E-state index contributed by atoms with van der Waals surface area (Å²) >= 11 is 6.00. The number of rotatable bonds is 3. The van der Waals surface area contributed by atoms with Gasteiger partial charge in [0.25, 0.3) is 0 Å². The maximum Gasteiger partial charge on any atom is 0.413 e. The number of nitrogens with one attached hydrogen (secondary N) is 1. The Balaban J connectivity index is 1.71. The summed E-state index contributed by atoms with van der Waals surface area (Å²) in [6, 6.07) is 16.8. The lowest BCUT2D eigenvalue weighted by Gasteiger charge is -2.09. The predicted octanol–water partition coefficient (Wildman–Crippen LogP) is 4.95. The van der Waals surface area contributed by atoms with Crippen molar-refractivity contribution in [2.45, 2.75) is 13.5 Å². The Morgan fingerprint density at radius 1 is 1.17 bits per heavy atom. The number of nitrogens with zero attached hydrogens (tertiary/aromatic N) is 1. The second kappa shape index (κ2) is 6.67. The van der Waals surface area contributed by atoms with E-state index in [1.807, 2.05) is 49.4 Å². The highest BCUT2D eigenvalue weighted by Crippen LogP contribution is 2.23. The van der Waals surface area contributed by atoms with Gasteiger partial charge in [-0.15, -0.1) is 0 Å². The molecule has 0 spiro atoms. The van der Waals surface area contributed by atoms with Crippen LogP contribution in [-0.4, -0.2) is 11.1 Å². The second-order valence-electron chi connectivity index (χ2n) is 5.17. The number of amides is 1. The van der Waals surface area contributed by atoms with E-state index in [-0.39, 0.29) is 6.61 Å². The fraction of sp³-hybridized carbons (Fsp3) is 0.111.